The van der Waals surface area contributed by atoms with Gasteiger partial charge in [-0.3, -0.25) is 4.90 Å². The van der Waals surface area contributed by atoms with Crippen LogP contribution >= 0.6 is 0 Å². The van der Waals surface area contributed by atoms with Crippen molar-refractivity contribution in [3.8, 4) is 0 Å². The number of nitrogens with zero attached hydrogens (tertiary/aromatic N) is 5. The van der Waals surface area contributed by atoms with Crippen LogP contribution in [0.25, 0.3) is 0 Å². The van der Waals surface area contributed by atoms with Gasteiger partial charge in [-0.1, -0.05) is 34.6 Å². The summed E-state index contributed by atoms with van der Waals surface area (Å²) in [6, 6.07) is 0.817. The van der Waals surface area contributed by atoms with E-state index in [2.05, 4.69) is 66.7 Å². The molecule has 220 valence electrons. The van der Waals surface area contributed by atoms with E-state index in [1.807, 2.05) is 27.7 Å². The summed E-state index contributed by atoms with van der Waals surface area (Å²) in [6.45, 7) is 22.4. The lowest BCUT2D eigenvalue weighted by Gasteiger charge is -2.60. The van der Waals surface area contributed by atoms with Crippen molar-refractivity contribution in [1.82, 2.24) is 24.5 Å². The van der Waals surface area contributed by atoms with E-state index in [4.69, 9.17) is 0 Å². The molecule has 5 aliphatic rings. The molecule has 5 rings (SSSR count). The average molecular weight is 522 g/mol. The molecule has 1 unspecified atom stereocenters. The zero-order valence-corrected chi connectivity index (χ0v) is 27.0. The average Bonchev–Trinajstić information content (AvgIpc) is 2.84. The van der Waals surface area contributed by atoms with Gasteiger partial charge in [-0.2, -0.15) is 0 Å². The van der Waals surface area contributed by atoms with Crippen molar-refractivity contribution >= 4 is 0 Å². The summed E-state index contributed by atoms with van der Waals surface area (Å²) in [5, 5.41) is 0. The molecule has 5 fully saturated rings. The fraction of sp³-hybridized carbons (Fsp3) is 1.00. The number of likely N-dealkylation sites (tertiary alicyclic amines) is 4. The molecule has 2 spiro atoms. The molecule has 5 heteroatoms. The van der Waals surface area contributed by atoms with Crippen molar-refractivity contribution in [1.29, 1.82) is 0 Å². The van der Waals surface area contributed by atoms with Gasteiger partial charge in [0.1, 0.15) is 0 Å². The van der Waals surface area contributed by atoms with E-state index in [1.165, 1.54) is 97.4 Å². The molecule has 4 aliphatic heterocycles. The summed E-state index contributed by atoms with van der Waals surface area (Å²) in [5.41, 5.74) is 1.49. The Morgan fingerprint density at radius 3 is 1.68 bits per heavy atom. The molecule has 5 nitrogen and oxygen atoms in total. The second-order valence-electron chi connectivity index (χ2n) is 13.3. The van der Waals surface area contributed by atoms with E-state index in [1.54, 1.807) is 12.8 Å². The molecular weight excluding hydrogens is 454 g/mol. The van der Waals surface area contributed by atoms with Crippen LogP contribution in [0.5, 0.6) is 0 Å². The molecule has 1 aliphatic carbocycles. The van der Waals surface area contributed by atoms with Crippen LogP contribution in [0, 0.1) is 22.7 Å². The molecular formula is C32H67N5. The molecule has 0 N–H and O–H groups in total. The van der Waals surface area contributed by atoms with E-state index in [0.717, 1.165) is 23.3 Å². The molecule has 0 aromatic rings. The lowest BCUT2D eigenvalue weighted by Crippen LogP contribution is -2.62. The Morgan fingerprint density at radius 2 is 1.22 bits per heavy atom. The molecule has 4 saturated heterocycles. The third kappa shape index (κ3) is 9.17. The number of piperidine rings is 2. The number of hydrogen-bond donors (Lipinski definition) is 0. The molecule has 1 atom stereocenters. The summed E-state index contributed by atoms with van der Waals surface area (Å²) in [7, 11) is 11.1. The quantitative estimate of drug-likeness (QED) is 0.460. The van der Waals surface area contributed by atoms with Crippen molar-refractivity contribution in [3.05, 3.63) is 0 Å². The minimum Gasteiger partial charge on any atom is -0.309 e. The van der Waals surface area contributed by atoms with Crippen molar-refractivity contribution in [2.75, 3.05) is 94.1 Å². The maximum absolute atomic E-state index is 2.74. The summed E-state index contributed by atoms with van der Waals surface area (Å²) < 4.78 is 0. The molecule has 0 bridgehead atoms. The zero-order chi connectivity index (χ0) is 27.6. The van der Waals surface area contributed by atoms with Crippen LogP contribution in [0.4, 0.5) is 0 Å². The Kier molecular flexibility index (Phi) is 13.9. The van der Waals surface area contributed by atoms with Crippen molar-refractivity contribution < 1.29 is 0 Å². The lowest BCUT2D eigenvalue weighted by molar-refractivity contribution is -0.104. The predicted molar refractivity (Wildman–Crippen MR) is 164 cm³/mol. The SMILES string of the molecule is CC.CC.CCC(CCN(C)C)N1CC2(CCN(C)CC2)C1.CN1CCC(C2CC3(C2)CN(C)C3)CC1. The van der Waals surface area contributed by atoms with Gasteiger partial charge in [-0.15, -0.1) is 0 Å². The monoisotopic (exact) mass is 522 g/mol. The Labute approximate surface area is 233 Å². The molecule has 0 radical (unpaired) electrons. The highest BCUT2D eigenvalue weighted by Crippen LogP contribution is 2.55. The van der Waals surface area contributed by atoms with Crippen LogP contribution in [0.3, 0.4) is 0 Å². The highest BCUT2D eigenvalue weighted by Gasteiger charge is 2.52. The highest BCUT2D eigenvalue weighted by atomic mass is 15.3. The van der Waals surface area contributed by atoms with Crippen LogP contribution in [-0.2, 0) is 0 Å². The fourth-order valence-electron chi connectivity index (χ4n) is 7.78. The molecule has 0 amide bonds. The van der Waals surface area contributed by atoms with Crippen LogP contribution in [-0.4, -0.2) is 125 Å². The third-order valence-electron chi connectivity index (χ3n) is 10.1. The van der Waals surface area contributed by atoms with Gasteiger partial charge >= 0.3 is 0 Å². The van der Waals surface area contributed by atoms with E-state index >= 15 is 0 Å². The number of rotatable bonds is 6. The van der Waals surface area contributed by atoms with Crippen LogP contribution < -0.4 is 0 Å². The molecule has 0 aromatic heterocycles. The van der Waals surface area contributed by atoms with Gasteiger partial charge in [-0.05, 0) is 142 Å². The van der Waals surface area contributed by atoms with E-state index in [-0.39, 0.29) is 0 Å². The normalized spacial score (nSPS) is 27.0. The lowest BCUT2D eigenvalue weighted by atomic mass is 9.54. The van der Waals surface area contributed by atoms with Crippen molar-refractivity contribution in [2.45, 2.75) is 92.0 Å². The first-order chi connectivity index (χ1) is 17.7. The molecule has 4 heterocycles. The van der Waals surface area contributed by atoms with Gasteiger partial charge in [-0.25, -0.2) is 0 Å². The van der Waals surface area contributed by atoms with Crippen LogP contribution in [0.2, 0.25) is 0 Å². The van der Waals surface area contributed by atoms with Gasteiger partial charge in [0.15, 0.2) is 0 Å². The fourth-order valence-corrected chi connectivity index (χ4v) is 7.78. The van der Waals surface area contributed by atoms with Crippen LogP contribution in [0.1, 0.15) is 86.0 Å². The van der Waals surface area contributed by atoms with Gasteiger partial charge in [0.25, 0.3) is 0 Å². The second-order valence-corrected chi connectivity index (χ2v) is 13.3. The van der Waals surface area contributed by atoms with E-state index < -0.39 is 0 Å². The first-order valence-electron chi connectivity index (χ1n) is 16.2. The summed E-state index contributed by atoms with van der Waals surface area (Å²) in [5.74, 6) is 2.16. The standard InChI is InChI=1S/C15H31N3.C13H24N2.2C2H6/c1-5-14(6-9-16(2)3)18-12-15(13-18)7-10-17(4)11-8-15;1-14-5-3-11(4-6-14)12-7-13(8-12)9-15(2)10-13;2*1-2/h14H,5-13H2,1-4H3;11-12H,3-10H2,1-2H3;2*1-2H3. The Morgan fingerprint density at radius 1 is 0.703 bits per heavy atom. The van der Waals surface area contributed by atoms with Gasteiger partial charge in [0.2, 0.25) is 0 Å². The van der Waals surface area contributed by atoms with Gasteiger partial charge in [0.05, 0.1) is 0 Å². The van der Waals surface area contributed by atoms with Gasteiger partial charge < -0.3 is 19.6 Å². The molecule has 37 heavy (non-hydrogen) atoms. The second kappa shape index (κ2) is 15.6. The minimum atomic E-state index is 0.693. The maximum atomic E-state index is 2.74. The Balaban J connectivity index is 0.000000232. The largest absolute Gasteiger partial charge is 0.309 e. The molecule has 1 saturated carbocycles. The number of hydrogen-bond acceptors (Lipinski definition) is 5. The Hall–Kier alpha value is -0.200. The van der Waals surface area contributed by atoms with E-state index in [9.17, 15) is 0 Å². The predicted octanol–water partition coefficient (Wildman–Crippen LogP) is 5.47. The van der Waals surface area contributed by atoms with Crippen molar-refractivity contribution in [2.24, 2.45) is 22.7 Å². The van der Waals surface area contributed by atoms with Crippen LogP contribution in [0.15, 0.2) is 0 Å². The Bertz CT molecular complexity index is 584. The topological polar surface area (TPSA) is 16.2 Å². The van der Waals surface area contributed by atoms with Crippen molar-refractivity contribution in [3.63, 3.8) is 0 Å². The molecule has 0 aromatic carbocycles. The first-order valence-corrected chi connectivity index (χ1v) is 16.2. The summed E-state index contributed by atoms with van der Waals surface area (Å²) in [4.78, 5) is 12.5. The summed E-state index contributed by atoms with van der Waals surface area (Å²) >= 11 is 0. The smallest absolute Gasteiger partial charge is 0.0105 e. The highest BCUT2D eigenvalue weighted by molar-refractivity contribution is 5.05. The van der Waals surface area contributed by atoms with E-state index in [0.29, 0.717) is 5.41 Å². The van der Waals surface area contributed by atoms with Gasteiger partial charge in [0, 0.05) is 32.2 Å². The minimum absolute atomic E-state index is 0.693. The third-order valence-corrected chi connectivity index (χ3v) is 10.1. The zero-order valence-electron chi connectivity index (χ0n) is 27.0. The maximum Gasteiger partial charge on any atom is 0.0105 e. The summed E-state index contributed by atoms with van der Waals surface area (Å²) in [6.07, 6.45) is 11.5. The first kappa shape index (κ1) is 33.0.